The van der Waals surface area contributed by atoms with Gasteiger partial charge in [0.05, 0.1) is 6.04 Å². The summed E-state index contributed by atoms with van der Waals surface area (Å²) >= 11 is 0. The van der Waals surface area contributed by atoms with Crippen LogP contribution in [-0.2, 0) is 4.79 Å². The second-order valence-electron chi connectivity index (χ2n) is 4.90. The van der Waals surface area contributed by atoms with Crippen LogP contribution < -0.4 is 20.1 Å². The summed E-state index contributed by atoms with van der Waals surface area (Å²) in [7, 11) is 0. The van der Waals surface area contributed by atoms with Gasteiger partial charge in [-0.3, -0.25) is 4.79 Å². The monoisotopic (exact) mass is 290 g/mol. The summed E-state index contributed by atoms with van der Waals surface area (Å²) in [6.45, 7) is 7.72. The Morgan fingerprint density at radius 2 is 2.43 bits per heavy atom. The SMILES string of the molecule is C=CCNC(=O)COc1ccc2c(c1)OCC2NCCC. The van der Waals surface area contributed by atoms with Gasteiger partial charge < -0.3 is 20.1 Å². The molecule has 1 heterocycles. The maximum absolute atomic E-state index is 11.5. The number of rotatable bonds is 8. The third-order valence-corrected chi connectivity index (χ3v) is 3.22. The zero-order chi connectivity index (χ0) is 15.1. The Morgan fingerprint density at radius 3 is 3.19 bits per heavy atom. The molecule has 5 heteroatoms. The molecule has 1 unspecified atom stereocenters. The van der Waals surface area contributed by atoms with Gasteiger partial charge in [-0.05, 0) is 25.1 Å². The van der Waals surface area contributed by atoms with E-state index in [1.165, 1.54) is 0 Å². The van der Waals surface area contributed by atoms with Gasteiger partial charge in [-0.2, -0.15) is 0 Å². The van der Waals surface area contributed by atoms with Crippen LogP contribution in [0.5, 0.6) is 11.5 Å². The molecule has 1 aromatic carbocycles. The minimum atomic E-state index is -0.168. The lowest BCUT2D eigenvalue weighted by atomic mass is 10.1. The Hall–Kier alpha value is -2.01. The molecule has 1 atom stereocenters. The molecular formula is C16H22N2O3. The number of fused-ring (bicyclic) bond motifs is 1. The first-order chi connectivity index (χ1) is 10.2. The van der Waals surface area contributed by atoms with Gasteiger partial charge in [-0.1, -0.05) is 13.0 Å². The topological polar surface area (TPSA) is 59.6 Å². The van der Waals surface area contributed by atoms with Crippen LogP contribution in [0.25, 0.3) is 0 Å². The summed E-state index contributed by atoms with van der Waals surface area (Å²) in [5, 5.41) is 6.10. The quantitative estimate of drug-likeness (QED) is 0.717. The number of carbonyl (C=O) groups excluding carboxylic acids is 1. The van der Waals surface area contributed by atoms with Crippen molar-refractivity contribution in [3.05, 3.63) is 36.4 Å². The Bertz CT molecular complexity index is 502. The van der Waals surface area contributed by atoms with Crippen LogP contribution in [0.1, 0.15) is 24.9 Å². The zero-order valence-corrected chi connectivity index (χ0v) is 12.4. The lowest BCUT2D eigenvalue weighted by Crippen LogP contribution is -2.28. The number of amides is 1. The van der Waals surface area contributed by atoms with Gasteiger partial charge >= 0.3 is 0 Å². The van der Waals surface area contributed by atoms with Crippen LogP contribution in [0.4, 0.5) is 0 Å². The standard InChI is InChI=1S/C16H22N2O3/c1-3-7-17-14-10-21-15-9-12(5-6-13(14)15)20-11-16(19)18-8-4-2/h4-6,9,14,17H,2-3,7-8,10-11H2,1H3,(H,18,19). The fourth-order valence-corrected chi connectivity index (χ4v) is 2.15. The maximum Gasteiger partial charge on any atom is 0.258 e. The van der Waals surface area contributed by atoms with E-state index >= 15 is 0 Å². The highest BCUT2D eigenvalue weighted by Gasteiger charge is 2.23. The molecule has 0 aromatic heterocycles. The van der Waals surface area contributed by atoms with E-state index in [0.717, 1.165) is 24.3 Å². The van der Waals surface area contributed by atoms with Crippen molar-refractivity contribution in [1.82, 2.24) is 10.6 Å². The first-order valence-electron chi connectivity index (χ1n) is 7.25. The highest BCUT2D eigenvalue weighted by atomic mass is 16.5. The summed E-state index contributed by atoms with van der Waals surface area (Å²) in [6, 6.07) is 5.94. The fraction of sp³-hybridized carbons (Fsp3) is 0.438. The number of hydrogen-bond donors (Lipinski definition) is 2. The van der Waals surface area contributed by atoms with Gasteiger partial charge in [-0.25, -0.2) is 0 Å². The highest BCUT2D eigenvalue weighted by Crippen LogP contribution is 2.35. The fourth-order valence-electron chi connectivity index (χ4n) is 2.15. The lowest BCUT2D eigenvalue weighted by molar-refractivity contribution is -0.122. The normalized spacial score (nSPS) is 16.0. The second-order valence-corrected chi connectivity index (χ2v) is 4.90. The van der Waals surface area contributed by atoms with E-state index in [9.17, 15) is 4.79 Å². The van der Waals surface area contributed by atoms with Crippen molar-refractivity contribution in [1.29, 1.82) is 0 Å². The van der Waals surface area contributed by atoms with Gasteiger partial charge in [0, 0.05) is 18.2 Å². The van der Waals surface area contributed by atoms with E-state index in [1.807, 2.05) is 18.2 Å². The molecule has 21 heavy (non-hydrogen) atoms. The number of ether oxygens (including phenoxy) is 2. The predicted octanol–water partition coefficient (Wildman–Crippen LogP) is 1.80. The van der Waals surface area contributed by atoms with Crippen molar-refractivity contribution >= 4 is 5.91 Å². The van der Waals surface area contributed by atoms with Crippen LogP contribution in [0, 0.1) is 0 Å². The minimum absolute atomic E-state index is 0.00978. The van der Waals surface area contributed by atoms with Crippen molar-refractivity contribution < 1.29 is 14.3 Å². The predicted molar refractivity (Wildman–Crippen MR) is 81.7 cm³/mol. The van der Waals surface area contributed by atoms with Gasteiger partial charge in [0.25, 0.3) is 5.91 Å². The molecule has 2 N–H and O–H groups in total. The average Bonchev–Trinajstić information content (AvgIpc) is 2.91. The van der Waals surface area contributed by atoms with Crippen LogP contribution in [0.3, 0.4) is 0 Å². The van der Waals surface area contributed by atoms with Crippen LogP contribution in [0.2, 0.25) is 0 Å². The van der Waals surface area contributed by atoms with Crippen molar-refractivity contribution in [2.45, 2.75) is 19.4 Å². The Balaban J connectivity index is 1.90. The van der Waals surface area contributed by atoms with E-state index in [1.54, 1.807) is 6.08 Å². The van der Waals surface area contributed by atoms with E-state index < -0.39 is 0 Å². The van der Waals surface area contributed by atoms with E-state index in [4.69, 9.17) is 9.47 Å². The molecule has 1 amide bonds. The van der Waals surface area contributed by atoms with E-state index in [-0.39, 0.29) is 18.6 Å². The number of carbonyl (C=O) groups is 1. The molecule has 1 aliphatic heterocycles. The Labute approximate surface area is 125 Å². The molecule has 2 rings (SSSR count). The molecule has 0 radical (unpaired) electrons. The molecule has 0 saturated carbocycles. The molecule has 0 saturated heterocycles. The average molecular weight is 290 g/mol. The van der Waals surface area contributed by atoms with Crippen molar-refractivity contribution in [2.75, 3.05) is 26.3 Å². The second kappa shape index (κ2) is 7.69. The molecular weight excluding hydrogens is 268 g/mol. The van der Waals surface area contributed by atoms with Gasteiger partial charge in [-0.15, -0.1) is 6.58 Å². The summed E-state index contributed by atoms with van der Waals surface area (Å²) in [6.07, 6.45) is 2.72. The molecule has 0 aliphatic carbocycles. The number of benzene rings is 1. The molecule has 0 bridgehead atoms. The Kier molecular flexibility index (Phi) is 5.63. The summed E-state index contributed by atoms with van der Waals surface area (Å²) in [5.41, 5.74) is 1.15. The largest absolute Gasteiger partial charge is 0.491 e. The van der Waals surface area contributed by atoms with E-state index in [2.05, 4.69) is 24.1 Å². The van der Waals surface area contributed by atoms with E-state index in [0.29, 0.717) is 18.9 Å². The van der Waals surface area contributed by atoms with Crippen LogP contribution in [-0.4, -0.2) is 32.2 Å². The molecule has 5 nitrogen and oxygen atoms in total. The van der Waals surface area contributed by atoms with Gasteiger partial charge in [0.15, 0.2) is 6.61 Å². The number of hydrogen-bond acceptors (Lipinski definition) is 4. The van der Waals surface area contributed by atoms with Gasteiger partial charge in [0.1, 0.15) is 18.1 Å². The third kappa shape index (κ3) is 4.23. The van der Waals surface area contributed by atoms with Crippen molar-refractivity contribution in [3.8, 4) is 11.5 Å². The minimum Gasteiger partial charge on any atom is -0.491 e. The molecule has 0 spiro atoms. The molecule has 1 aliphatic rings. The lowest BCUT2D eigenvalue weighted by Gasteiger charge is -2.11. The Morgan fingerprint density at radius 1 is 1.57 bits per heavy atom. The first kappa shape index (κ1) is 15.4. The van der Waals surface area contributed by atoms with Crippen molar-refractivity contribution in [2.24, 2.45) is 0 Å². The number of nitrogens with one attached hydrogen (secondary N) is 2. The summed E-state index contributed by atoms with van der Waals surface area (Å²) in [5.74, 6) is 1.30. The summed E-state index contributed by atoms with van der Waals surface area (Å²) in [4.78, 5) is 11.5. The molecule has 1 aromatic rings. The maximum atomic E-state index is 11.5. The first-order valence-corrected chi connectivity index (χ1v) is 7.25. The van der Waals surface area contributed by atoms with Crippen molar-refractivity contribution in [3.63, 3.8) is 0 Å². The molecule has 114 valence electrons. The van der Waals surface area contributed by atoms with Crippen LogP contribution >= 0.6 is 0 Å². The molecule has 0 fully saturated rings. The van der Waals surface area contributed by atoms with Gasteiger partial charge in [0.2, 0.25) is 0 Å². The summed E-state index contributed by atoms with van der Waals surface area (Å²) < 4.78 is 11.1. The highest BCUT2D eigenvalue weighted by molar-refractivity contribution is 5.77. The zero-order valence-electron chi connectivity index (χ0n) is 12.4. The van der Waals surface area contributed by atoms with Crippen LogP contribution in [0.15, 0.2) is 30.9 Å². The third-order valence-electron chi connectivity index (χ3n) is 3.22. The smallest absolute Gasteiger partial charge is 0.258 e.